The maximum absolute atomic E-state index is 11.7. The molecule has 0 aliphatic rings. The van der Waals surface area contributed by atoms with Crippen LogP contribution in [0.4, 0.5) is 0 Å². The van der Waals surface area contributed by atoms with E-state index in [0.29, 0.717) is 12.3 Å². The van der Waals surface area contributed by atoms with Gasteiger partial charge in [0.1, 0.15) is 0 Å². The highest BCUT2D eigenvalue weighted by atomic mass is 32.2. The molecule has 0 saturated heterocycles. The summed E-state index contributed by atoms with van der Waals surface area (Å²) in [6.45, 7) is 3.95. The van der Waals surface area contributed by atoms with Crippen LogP contribution < -0.4 is 4.72 Å². The lowest BCUT2D eigenvalue weighted by Crippen LogP contribution is -2.33. The van der Waals surface area contributed by atoms with Crippen molar-refractivity contribution in [3.63, 3.8) is 0 Å². The molecule has 6 nitrogen and oxygen atoms in total. The van der Waals surface area contributed by atoms with Gasteiger partial charge in [-0.25, -0.2) is 18.1 Å². The van der Waals surface area contributed by atoms with Gasteiger partial charge in [0.05, 0.1) is 12.4 Å². The van der Waals surface area contributed by atoms with Crippen molar-refractivity contribution in [3.8, 4) is 0 Å². The largest absolute Gasteiger partial charge is 0.392 e. The van der Waals surface area contributed by atoms with E-state index in [9.17, 15) is 13.5 Å². The molecule has 0 aromatic carbocycles. The molecule has 1 unspecified atom stereocenters. The first kappa shape index (κ1) is 14.1. The number of nitrogens with one attached hydrogen (secondary N) is 1. The smallest absolute Gasteiger partial charge is 0.259 e. The Bertz CT molecular complexity index is 453. The molecule has 0 fully saturated rings. The van der Waals surface area contributed by atoms with E-state index in [4.69, 9.17) is 0 Å². The van der Waals surface area contributed by atoms with Crippen LogP contribution in [0, 0.1) is 5.92 Å². The van der Waals surface area contributed by atoms with Crippen molar-refractivity contribution in [2.45, 2.75) is 31.4 Å². The number of aliphatic hydroxyl groups excluding tert-OH is 1. The van der Waals surface area contributed by atoms with Gasteiger partial charge in [-0.3, -0.25) is 0 Å². The first-order valence-corrected chi connectivity index (χ1v) is 6.95. The van der Waals surface area contributed by atoms with Gasteiger partial charge in [-0.2, -0.15) is 0 Å². The zero-order chi connectivity index (χ0) is 13.1. The van der Waals surface area contributed by atoms with Crippen LogP contribution in [0.1, 0.15) is 20.3 Å². The predicted molar refractivity (Wildman–Crippen MR) is 63.9 cm³/mol. The molecule has 1 rings (SSSR count). The average molecular weight is 261 g/mol. The SMILES string of the molecule is CC(C)CC(O)CNS(=O)(=O)c1cn(C)cn1. The van der Waals surface area contributed by atoms with Crippen LogP contribution in [0.15, 0.2) is 17.6 Å². The summed E-state index contributed by atoms with van der Waals surface area (Å²) in [6, 6.07) is 0. The number of aryl methyl sites for hydroxylation is 1. The molecule has 0 amide bonds. The molecule has 0 bridgehead atoms. The number of aliphatic hydroxyl groups is 1. The third-order valence-corrected chi connectivity index (χ3v) is 3.52. The van der Waals surface area contributed by atoms with Crippen LogP contribution >= 0.6 is 0 Å². The summed E-state index contributed by atoms with van der Waals surface area (Å²) in [5, 5.41) is 9.55. The van der Waals surface area contributed by atoms with Gasteiger partial charge in [-0.15, -0.1) is 0 Å². The van der Waals surface area contributed by atoms with E-state index in [2.05, 4.69) is 9.71 Å². The summed E-state index contributed by atoms with van der Waals surface area (Å²) in [4.78, 5) is 3.76. The second-order valence-corrected chi connectivity index (χ2v) is 6.23. The van der Waals surface area contributed by atoms with Crippen molar-refractivity contribution in [1.29, 1.82) is 0 Å². The van der Waals surface area contributed by atoms with Crippen molar-refractivity contribution >= 4 is 10.0 Å². The maximum Gasteiger partial charge on any atom is 0.259 e. The maximum atomic E-state index is 11.7. The molecule has 1 atom stereocenters. The summed E-state index contributed by atoms with van der Waals surface area (Å²) in [7, 11) is -1.92. The van der Waals surface area contributed by atoms with Gasteiger partial charge >= 0.3 is 0 Å². The predicted octanol–water partition coefficient (Wildman–Crippen LogP) is 0.105. The van der Waals surface area contributed by atoms with Crippen molar-refractivity contribution < 1.29 is 13.5 Å². The summed E-state index contributed by atoms with van der Waals surface area (Å²) in [5.74, 6) is 0.323. The zero-order valence-corrected chi connectivity index (χ0v) is 11.1. The Hall–Kier alpha value is -0.920. The monoisotopic (exact) mass is 261 g/mol. The molecule has 0 spiro atoms. The summed E-state index contributed by atoms with van der Waals surface area (Å²) in [6.07, 6.45) is 2.72. The molecule has 0 aliphatic heterocycles. The number of imidazole rings is 1. The normalized spacial score (nSPS) is 14.2. The van der Waals surface area contributed by atoms with Gasteiger partial charge < -0.3 is 9.67 Å². The van der Waals surface area contributed by atoms with E-state index in [-0.39, 0.29) is 11.6 Å². The second kappa shape index (κ2) is 5.61. The van der Waals surface area contributed by atoms with Gasteiger partial charge in [0.15, 0.2) is 5.03 Å². The third kappa shape index (κ3) is 4.45. The molecular formula is C10H19N3O3S. The lowest BCUT2D eigenvalue weighted by Gasteiger charge is -2.13. The molecule has 2 N–H and O–H groups in total. The van der Waals surface area contributed by atoms with E-state index in [0.717, 1.165) is 0 Å². The minimum atomic E-state index is -3.61. The van der Waals surface area contributed by atoms with Crippen LogP contribution in [-0.4, -0.2) is 35.7 Å². The Kier molecular flexibility index (Phi) is 4.67. The second-order valence-electron chi connectivity index (χ2n) is 4.51. The van der Waals surface area contributed by atoms with Crippen molar-refractivity contribution in [1.82, 2.24) is 14.3 Å². The lowest BCUT2D eigenvalue weighted by atomic mass is 10.1. The van der Waals surface area contributed by atoms with Gasteiger partial charge in [-0.05, 0) is 12.3 Å². The fourth-order valence-electron chi connectivity index (χ4n) is 1.43. The number of hydrogen-bond acceptors (Lipinski definition) is 4. The highest BCUT2D eigenvalue weighted by molar-refractivity contribution is 7.89. The number of sulfonamides is 1. The minimum absolute atomic E-state index is 0.0110. The fourth-order valence-corrected chi connectivity index (χ4v) is 2.49. The van der Waals surface area contributed by atoms with Gasteiger partial charge in [0.2, 0.25) is 0 Å². The van der Waals surface area contributed by atoms with Crippen molar-refractivity contribution in [2.75, 3.05) is 6.54 Å². The topological polar surface area (TPSA) is 84.2 Å². The molecule has 98 valence electrons. The molecule has 1 aromatic rings. The van der Waals surface area contributed by atoms with Crippen LogP contribution in [0.5, 0.6) is 0 Å². The zero-order valence-electron chi connectivity index (χ0n) is 10.3. The molecular weight excluding hydrogens is 242 g/mol. The summed E-state index contributed by atoms with van der Waals surface area (Å²) >= 11 is 0. The molecule has 0 saturated carbocycles. The van der Waals surface area contributed by atoms with Gasteiger partial charge in [-0.1, -0.05) is 13.8 Å². The van der Waals surface area contributed by atoms with E-state index < -0.39 is 16.1 Å². The summed E-state index contributed by atoms with van der Waals surface area (Å²) < 4.78 is 27.4. The van der Waals surface area contributed by atoms with E-state index in [1.54, 1.807) is 11.6 Å². The van der Waals surface area contributed by atoms with Crippen LogP contribution in [0.2, 0.25) is 0 Å². The first-order chi connectivity index (χ1) is 7.81. The molecule has 0 radical (unpaired) electrons. The van der Waals surface area contributed by atoms with E-state index >= 15 is 0 Å². The van der Waals surface area contributed by atoms with Gasteiger partial charge in [0, 0.05) is 19.8 Å². The van der Waals surface area contributed by atoms with E-state index in [1.807, 2.05) is 13.8 Å². The molecule has 17 heavy (non-hydrogen) atoms. The molecule has 1 aromatic heterocycles. The number of nitrogens with zero attached hydrogens (tertiary/aromatic N) is 2. The number of rotatable bonds is 6. The van der Waals surface area contributed by atoms with Crippen LogP contribution in [0.25, 0.3) is 0 Å². The summed E-state index contributed by atoms with van der Waals surface area (Å²) in [5.41, 5.74) is 0. The highest BCUT2D eigenvalue weighted by Crippen LogP contribution is 2.06. The standard InChI is InChI=1S/C10H19N3O3S/c1-8(2)4-9(14)5-12-17(15,16)10-6-13(3)7-11-10/h6-9,12,14H,4-5H2,1-3H3. The minimum Gasteiger partial charge on any atom is -0.392 e. The Balaban J connectivity index is 2.56. The lowest BCUT2D eigenvalue weighted by molar-refractivity contribution is 0.152. The molecule has 0 aliphatic carbocycles. The first-order valence-electron chi connectivity index (χ1n) is 5.47. The van der Waals surface area contributed by atoms with Crippen molar-refractivity contribution in [3.05, 3.63) is 12.5 Å². The highest BCUT2D eigenvalue weighted by Gasteiger charge is 2.18. The van der Waals surface area contributed by atoms with Crippen LogP contribution in [0.3, 0.4) is 0 Å². The molecule has 1 heterocycles. The molecule has 7 heteroatoms. The van der Waals surface area contributed by atoms with Gasteiger partial charge in [0.25, 0.3) is 10.0 Å². The average Bonchev–Trinajstić information content (AvgIpc) is 2.62. The Morgan fingerprint density at radius 3 is 2.65 bits per heavy atom. The number of aromatic nitrogens is 2. The van der Waals surface area contributed by atoms with Crippen LogP contribution in [-0.2, 0) is 17.1 Å². The van der Waals surface area contributed by atoms with E-state index in [1.165, 1.54) is 12.5 Å². The van der Waals surface area contributed by atoms with Crippen molar-refractivity contribution in [2.24, 2.45) is 13.0 Å². The third-order valence-electron chi connectivity index (χ3n) is 2.21. The quantitative estimate of drug-likeness (QED) is 0.761. The Morgan fingerprint density at radius 1 is 1.53 bits per heavy atom. The fraction of sp³-hybridized carbons (Fsp3) is 0.700. The Labute approximate surface area is 102 Å². The number of hydrogen-bond donors (Lipinski definition) is 2. The Morgan fingerprint density at radius 2 is 2.18 bits per heavy atom.